The van der Waals surface area contributed by atoms with Gasteiger partial charge in [0.05, 0.1) is 11.0 Å². The van der Waals surface area contributed by atoms with Crippen LogP contribution in [-0.4, -0.2) is 9.55 Å². The number of hydrogen-bond donors (Lipinski definition) is 1. The second-order valence-corrected chi connectivity index (χ2v) is 4.49. The molecule has 0 spiro atoms. The quantitative estimate of drug-likeness (QED) is 0.405. The summed E-state index contributed by atoms with van der Waals surface area (Å²) in [7, 11) is 0. The van der Waals surface area contributed by atoms with Crippen LogP contribution in [0.15, 0.2) is 30.3 Å². The number of benzene rings is 2. The van der Waals surface area contributed by atoms with E-state index in [1.54, 1.807) is 18.2 Å². The monoisotopic (exact) mass is 298 g/mol. The zero-order valence-corrected chi connectivity index (χ0v) is 10.6. The van der Waals surface area contributed by atoms with Crippen molar-refractivity contribution in [1.82, 2.24) is 9.55 Å². The van der Waals surface area contributed by atoms with Gasteiger partial charge in [-0.05, 0) is 24.4 Å². The molecule has 0 atom stereocenters. The maximum Gasteiger partial charge on any atom is 0.186 e. The molecule has 0 aliphatic rings. The van der Waals surface area contributed by atoms with Crippen LogP contribution in [0.4, 0.5) is 17.6 Å². The third-order valence-electron chi connectivity index (χ3n) is 2.90. The van der Waals surface area contributed by atoms with Gasteiger partial charge in [-0.15, -0.1) is 0 Å². The fraction of sp³-hybridized carbons (Fsp3) is 0. The number of nitrogens with zero attached hydrogens (tertiary/aromatic N) is 1. The highest BCUT2D eigenvalue weighted by molar-refractivity contribution is 7.71. The normalized spacial score (nSPS) is 11.2. The van der Waals surface area contributed by atoms with Crippen molar-refractivity contribution in [1.29, 1.82) is 0 Å². The number of H-pyrrole nitrogens is 1. The fourth-order valence-corrected chi connectivity index (χ4v) is 2.33. The Kier molecular flexibility index (Phi) is 2.86. The molecule has 1 heterocycles. The van der Waals surface area contributed by atoms with Crippen LogP contribution < -0.4 is 0 Å². The minimum absolute atomic E-state index is 0.0611. The molecule has 0 aliphatic heterocycles. The van der Waals surface area contributed by atoms with E-state index in [0.717, 1.165) is 4.57 Å². The van der Waals surface area contributed by atoms with Crippen molar-refractivity contribution in [2.24, 2.45) is 0 Å². The lowest BCUT2D eigenvalue weighted by molar-refractivity contribution is 0.448. The average Bonchev–Trinajstić information content (AvgIpc) is 2.74. The Morgan fingerprint density at radius 3 is 2.20 bits per heavy atom. The molecule has 0 amide bonds. The van der Waals surface area contributed by atoms with Gasteiger partial charge in [-0.1, -0.05) is 12.1 Å². The van der Waals surface area contributed by atoms with Crippen LogP contribution in [0.25, 0.3) is 16.7 Å². The lowest BCUT2D eigenvalue weighted by Crippen LogP contribution is -2.06. The summed E-state index contributed by atoms with van der Waals surface area (Å²) in [5, 5.41) is 0. The molecule has 1 aromatic heterocycles. The van der Waals surface area contributed by atoms with Gasteiger partial charge in [0.2, 0.25) is 0 Å². The summed E-state index contributed by atoms with van der Waals surface area (Å²) in [6, 6.07) is 6.63. The Labute approximate surface area is 115 Å². The molecule has 7 heteroatoms. The Bertz CT molecular complexity index is 856. The molecule has 3 rings (SSSR count). The smallest absolute Gasteiger partial charge is 0.186 e. The van der Waals surface area contributed by atoms with Gasteiger partial charge in [0.1, 0.15) is 5.69 Å². The fourth-order valence-electron chi connectivity index (χ4n) is 2.03. The number of para-hydroxylation sites is 2. The van der Waals surface area contributed by atoms with Crippen molar-refractivity contribution in [3.05, 3.63) is 58.4 Å². The standard InChI is InChI=1S/C13H6F4N2S/c14-6-5-7(15)11(17)12(10(6)16)19-9-4-2-1-3-8(9)18-13(19)20/h1-5H,(H,18,20). The maximum atomic E-state index is 13.9. The molecule has 0 radical (unpaired) electrons. The summed E-state index contributed by atoms with van der Waals surface area (Å²) in [5.41, 5.74) is -0.0498. The van der Waals surface area contributed by atoms with Gasteiger partial charge in [0, 0.05) is 6.07 Å². The average molecular weight is 298 g/mol. The lowest BCUT2D eigenvalue weighted by atomic mass is 10.2. The predicted octanol–water partition coefficient (Wildman–Crippen LogP) is 4.24. The van der Waals surface area contributed by atoms with Crippen LogP contribution in [-0.2, 0) is 0 Å². The van der Waals surface area contributed by atoms with E-state index in [-0.39, 0.29) is 10.8 Å². The molecule has 0 unspecified atom stereocenters. The summed E-state index contributed by atoms with van der Waals surface area (Å²) in [6.07, 6.45) is 0. The molecular formula is C13H6F4N2S. The van der Waals surface area contributed by atoms with Crippen molar-refractivity contribution in [2.75, 3.05) is 0 Å². The van der Waals surface area contributed by atoms with Crippen molar-refractivity contribution < 1.29 is 17.6 Å². The van der Waals surface area contributed by atoms with Crippen molar-refractivity contribution in [2.45, 2.75) is 0 Å². The predicted molar refractivity (Wildman–Crippen MR) is 68.3 cm³/mol. The lowest BCUT2D eigenvalue weighted by Gasteiger charge is -2.09. The minimum atomic E-state index is -1.50. The highest BCUT2D eigenvalue weighted by Gasteiger charge is 2.22. The first-order valence-corrected chi connectivity index (χ1v) is 5.94. The first-order chi connectivity index (χ1) is 9.50. The molecule has 20 heavy (non-hydrogen) atoms. The number of aromatic nitrogens is 2. The highest BCUT2D eigenvalue weighted by Crippen LogP contribution is 2.27. The molecule has 3 aromatic rings. The Morgan fingerprint density at radius 2 is 1.55 bits per heavy atom. The zero-order valence-electron chi connectivity index (χ0n) is 9.75. The van der Waals surface area contributed by atoms with Gasteiger partial charge in [-0.3, -0.25) is 4.57 Å². The summed E-state index contributed by atoms with van der Waals surface area (Å²) in [5.74, 6) is -5.95. The molecule has 1 N–H and O–H groups in total. The molecule has 0 saturated heterocycles. The van der Waals surface area contributed by atoms with Gasteiger partial charge in [0.25, 0.3) is 0 Å². The summed E-state index contributed by atoms with van der Waals surface area (Å²) < 4.78 is 55.2. The number of hydrogen-bond acceptors (Lipinski definition) is 1. The van der Waals surface area contributed by atoms with Crippen LogP contribution in [0, 0.1) is 28.0 Å². The van der Waals surface area contributed by atoms with E-state index in [9.17, 15) is 17.6 Å². The van der Waals surface area contributed by atoms with E-state index in [4.69, 9.17) is 12.2 Å². The van der Waals surface area contributed by atoms with E-state index < -0.39 is 29.0 Å². The maximum absolute atomic E-state index is 13.9. The third kappa shape index (κ3) is 1.74. The molecule has 0 aliphatic carbocycles. The molecular weight excluding hydrogens is 292 g/mol. The van der Waals surface area contributed by atoms with Crippen molar-refractivity contribution in [3.8, 4) is 5.69 Å². The number of aromatic amines is 1. The van der Waals surface area contributed by atoms with E-state index in [1.807, 2.05) is 0 Å². The van der Waals surface area contributed by atoms with Gasteiger partial charge in [-0.25, -0.2) is 17.6 Å². The van der Waals surface area contributed by atoms with Crippen LogP contribution >= 0.6 is 12.2 Å². The number of halogens is 4. The minimum Gasteiger partial charge on any atom is -0.330 e. The van der Waals surface area contributed by atoms with Gasteiger partial charge in [0.15, 0.2) is 28.0 Å². The number of nitrogens with one attached hydrogen (secondary N) is 1. The Morgan fingerprint density at radius 1 is 0.950 bits per heavy atom. The van der Waals surface area contributed by atoms with Crippen LogP contribution in [0.1, 0.15) is 0 Å². The number of fused-ring (bicyclic) bond motifs is 1. The van der Waals surface area contributed by atoms with Crippen LogP contribution in [0.5, 0.6) is 0 Å². The Balaban J connectivity index is 2.49. The highest BCUT2D eigenvalue weighted by atomic mass is 32.1. The second kappa shape index (κ2) is 4.45. The Hall–Kier alpha value is -2.15. The first kappa shape index (κ1) is 12.9. The first-order valence-electron chi connectivity index (χ1n) is 5.54. The number of rotatable bonds is 1. The molecule has 2 aromatic carbocycles. The largest absolute Gasteiger partial charge is 0.330 e. The van der Waals surface area contributed by atoms with E-state index >= 15 is 0 Å². The van der Waals surface area contributed by atoms with Gasteiger partial charge < -0.3 is 4.98 Å². The SMILES string of the molecule is Fc1cc(F)c(F)c(-n2c(=S)[nH]c3ccccc32)c1F. The molecule has 2 nitrogen and oxygen atoms in total. The molecule has 0 bridgehead atoms. The van der Waals surface area contributed by atoms with Gasteiger partial charge >= 0.3 is 0 Å². The van der Waals surface area contributed by atoms with Crippen LogP contribution in [0.2, 0.25) is 0 Å². The molecule has 102 valence electrons. The van der Waals surface area contributed by atoms with E-state index in [1.165, 1.54) is 6.07 Å². The third-order valence-corrected chi connectivity index (χ3v) is 3.19. The van der Waals surface area contributed by atoms with Gasteiger partial charge in [-0.2, -0.15) is 0 Å². The zero-order chi connectivity index (χ0) is 14.4. The summed E-state index contributed by atoms with van der Waals surface area (Å²) in [6.45, 7) is 0. The number of imidazole rings is 1. The summed E-state index contributed by atoms with van der Waals surface area (Å²) >= 11 is 4.97. The van der Waals surface area contributed by atoms with Crippen molar-refractivity contribution >= 4 is 23.3 Å². The molecule has 0 fully saturated rings. The van der Waals surface area contributed by atoms with E-state index in [2.05, 4.69) is 4.98 Å². The second-order valence-electron chi connectivity index (χ2n) is 4.10. The summed E-state index contributed by atoms with van der Waals surface area (Å²) in [4.78, 5) is 2.72. The van der Waals surface area contributed by atoms with Crippen molar-refractivity contribution in [3.63, 3.8) is 0 Å². The molecule has 0 saturated carbocycles. The topological polar surface area (TPSA) is 20.7 Å². The van der Waals surface area contributed by atoms with Crippen LogP contribution in [0.3, 0.4) is 0 Å². The van der Waals surface area contributed by atoms with E-state index in [0.29, 0.717) is 11.0 Å².